The SMILES string of the molecule is COC(CNS(=O)(=O)c1ccc(C)cc1)c1ccccc1. The quantitative estimate of drug-likeness (QED) is 0.892. The Balaban J connectivity index is 2.08. The molecule has 5 heteroatoms. The van der Waals surface area contributed by atoms with Gasteiger partial charge in [-0.2, -0.15) is 0 Å². The Morgan fingerprint density at radius 2 is 1.67 bits per heavy atom. The third-order valence-corrected chi connectivity index (χ3v) is 4.69. The van der Waals surface area contributed by atoms with Crippen molar-refractivity contribution >= 4 is 10.0 Å². The molecule has 0 bridgehead atoms. The van der Waals surface area contributed by atoms with E-state index in [9.17, 15) is 8.42 Å². The van der Waals surface area contributed by atoms with Crippen LogP contribution in [-0.4, -0.2) is 22.1 Å². The second-order valence-electron chi connectivity index (χ2n) is 4.80. The van der Waals surface area contributed by atoms with E-state index in [2.05, 4.69) is 4.72 Å². The first-order valence-electron chi connectivity index (χ1n) is 6.67. The summed E-state index contributed by atoms with van der Waals surface area (Å²) in [5, 5.41) is 0. The highest BCUT2D eigenvalue weighted by Crippen LogP contribution is 2.16. The van der Waals surface area contributed by atoms with Crippen molar-refractivity contribution in [3.63, 3.8) is 0 Å². The average Bonchev–Trinajstić information content (AvgIpc) is 2.49. The summed E-state index contributed by atoms with van der Waals surface area (Å²) in [7, 11) is -1.95. The molecule has 1 unspecified atom stereocenters. The van der Waals surface area contributed by atoms with E-state index in [4.69, 9.17) is 4.74 Å². The van der Waals surface area contributed by atoms with Crippen LogP contribution in [0.1, 0.15) is 17.2 Å². The predicted molar refractivity (Wildman–Crippen MR) is 82.6 cm³/mol. The molecule has 0 aliphatic carbocycles. The number of rotatable bonds is 6. The largest absolute Gasteiger partial charge is 0.375 e. The zero-order chi connectivity index (χ0) is 15.3. The minimum Gasteiger partial charge on any atom is -0.375 e. The Kier molecular flexibility index (Phi) is 5.12. The molecule has 4 nitrogen and oxygen atoms in total. The Labute approximate surface area is 125 Å². The molecule has 0 heterocycles. The molecule has 1 atom stereocenters. The van der Waals surface area contributed by atoms with Gasteiger partial charge in [-0.25, -0.2) is 13.1 Å². The summed E-state index contributed by atoms with van der Waals surface area (Å²) in [6.45, 7) is 2.11. The number of ether oxygens (including phenoxy) is 1. The number of sulfonamides is 1. The molecule has 0 saturated carbocycles. The van der Waals surface area contributed by atoms with Crippen LogP contribution in [-0.2, 0) is 14.8 Å². The van der Waals surface area contributed by atoms with Crippen molar-refractivity contribution in [1.29, 1.82) is 0 Å². The second-order valence-corrected chi connectivity index (χ2v) is 6.57. The summed E-state index contributed by atoms with van der Waals surface area (Å²) in [4.78, 5) is 0.260. The first-order valence-corrected chi connectivity index (χ1v) is 8.15. The van der Waals surface area contributed by atoms with E-state index in [0.29, 0.717) is 0 Å². The van der Waals surface area contributed by atoms with Gasteiger partial charge in [0.25, 0.3) is 0 Å². The highest BCUT2D eigenvalue weighted by Gasteiger charge is 2.17. The minimum absolute atomic E-state index is 0.191. The van der Waals surface area contributed by atoms with E-state index in [-0.39, 0.29) is 17.5 Å². The van der Waals surface area contributed by atoms with Crippen LogP contribution in [0, 0.1) is 6.92 Å². The Hall–Kier alpha value is -1.69. The van der Waals surface area contributed by atoms with Gasteiger partial charge in [-0.15, -0.1) is 0 Å². The summed E-state index contributed by atoms with van der Waals surface area (Å²) >= 11 is 0. The van der Waals surface area contributed by atoms with Gasteiger partial charge in [0, 0.05) is 13.7 Å². The third kappa shape index (κ3) is 4.14. The third-order valence-electron chi connectivity index (χ3n) is 3.25. The summed E-state index contributed by atoms with van der Waals surface area (Å²) in [5.74, 6) is 0. The molecule has 0 spiro atoms. The molecule has 112 valence electrons. The molecule has 2 aromatic carbocycles. The van der Waals surface area contributed by atoms with Crippen LogP contribution in [0.4, 0.5) is 0 Å². The highest BCUT2D eigenvalue weighted by molar-refractivity contribution is 7.89. The summed E-state index contributed by atoms with van der Waals surface area (Å²) < 4.78 is 32.4. The van der Waals surface area contributed by atoms with Crippen molar-refractivity contribution in [2.45, 2.75) is 17.9 Å². The monoisotopic (exact) mass is 305 g/mol. The van der Waals surface area contributed by atoms with Crippen LogP contribution in [0.2, 0.25) is 0 Å². The lowest BCUT2D eigenvalue weighted by Gasteiger charge is -2.16. The van der Waals surface area contributed by atoms with Gasteiger partial charge >= 0.3 is 0 Å². The summed E-state index contributed by atoms with van der Waals surface area (Å²) in [5.41, 5.74) is 1.96. The smallest absolute Gasteiger partial charge is 0.240 e. The van der Waals surface area contributed by atoms with Gasteiger partial charge in [0.05, 0.1) is 11.0 Å². The van der Waals surface area contributed by atoms with Gasteiger partial charge in [0.2, 0.25) is 10.0 Å². The van der Waals surface area contributed by atoms with E-state index >= 15 is 0 Å². The van der Waals surface area contributed by atoms with Crippen LogP contribution < -0.4 is 4.72 Å². The molecule has 2 aromatic rings. The molecule has 0 aliphatic heterocycles. The van der Waals surface area contributed by atoms with Crippen molar-refractivity contribution in [3.8, 4) is 0 Å². The summed E-state index contributed by atoms with van der Waals surface area (Å²) in [6.07, 6.45) is -0.313. The molecule has 1 N–H and O–H groups in total. The van der Waals surface area contributed by atoms with Gasteiger partial charge in [-0.05, 0) is 24.6 Å². The van der Waals surface area contributed by atoms with Gasteiger partial charge < -0.3 is 4.74 Å². The van der Waals surface area contributed by atoms with Crippen LogP contribution in [0.5, 0.6) is 0 Å². The van der Waals surface area contributed by atoms with E-state index < -0.39 is 10.0 Å². The normalized spacial score (nSPS) is 13.0. The van der Waals surface area contributed by atoms with Gasteiger partial charge in [-0.3, -0.25) is 0 Å². The number of methoxy groups -OCH3 is 1. The van der Waals surface area contributed by atoms with Crippen LogP contribution in [0.3, 0.4) is 0 Å². The van der Waals surface area contributed by atoms with Crippen LogP contribution in [0.15, 0.2) is 59.5 Å². The number of hydrogen-bond donors (Lipinski definition) is 1. The van der Waals surface area contributed by atoms with Gasteiger partial charge in [0.1, 0.15) is 0 Å². The molecule has 0 aliphatic rings. The zero-order valence-corrected chi connectivity index (χ0v) is 12.9. The van der Waals surface area contributed by atoms with Crippen molar-refractivity contribution in [1.82, 2.24) is 4.72 Å². The van der Waals surface area contributed by atoms with Crippen molar-refractivity contribution in [2.24, 2.45) is 0 Å². The van der Waals surface area contributed by atoms with Gasteiger partial charge in [0.15, 0.2) is 0 Å². The summed E-state index contributed by atoms with van der Waals surface area (Å²) in [6, 6.07) is 16.3. The van der Waals surface area contributed by atoms with E-state index in [1.165, 1.54) is 0 Å². The number of aryl methyl sites for hydroxylation is 1. The highest BCUT2D eigenvalue weighted by atomic mass is 32.2. The standard InChI is InChI=1S/C16H19NO3S/c1-13-8-10-15(11-9-13)21(18,19)17-12-16(20-2)14-6-4-3-5-7-14/h3-11,16-17H,12H2,1-2H3. The molecule has 2 rings (SSSR count). The van der Waals surface area contributed by atoms with Crippen molar-refractivity contribution < 1.29 is 13.2 Å². The Bertz CT molecular complexity index is 666. The van der Waals surface area contributed by atoms with Gasteiger partial charge in [-0.1, -0.05) is 48.0 Å². The topological polar surface area (TPSA) is 55.4 Å². The molecular formula is C16H19NO3S. The van der Waals surface area contributed by atoms with E-state index in [1.54, 1.807) is 31.4 Å². The molecule has 0 radical (unpaired) electrons. The minimum atomic E-state index is -3.52. The molecule has 21 heavy (non-hydrogen) atoms. The predicted octanol–water partition coefficient (Wildman–Crippen LogP) is 2.66. The maximum absolute atomic E-state index is 12.2. The van der Waals surface area contributed by atoms with E-state index in [0.717, 1.165) is 11.1 Å². The lowest BCUT2D eigenvalue weighted by molar-refractivity contribution is 0.107. The molecular weight excluding hydrogens is 286 g/mol. The number of nitrogens with one attached hydrogen (secondary N) is 1. The maximum atomic E-state index is 12.2. The molecule has 0 saturated heterocycles. The number of benzene rings is 2. The molecule has 0 aromatic heterocycles. The maximum Gasteiger partial charge on any atom is 0.240 e. The molecule has 0 fully saturated rings. The fourth-order valence-electron chi connectivity index (χ4n) is 1.99. The fraction of sp³-hybridized carbons (Fsp3) is 0.250. The van der Waals surface area contributed by atoms with Crippen LogP contribution in [0.25, 0.3) is 0 Å². The Morgan fingerprint density at radius 1 is 1.05 bits per heavy atom. The fourth-order valence-corrected chi connectivity index (χ4v) is 3.02. The van der Waals surface area contributed by atoms with E-state index in [1.807, 2.05) is 37.3 Å². The number of hydrogen-bond acceptors (Lipinski definition) is 3. The lowest BCUT2D eigenvalue weighted by Crippen LogP contribution is -2.29. The second kappa shape index (κ2) is 6.85. The lowest BCUT2D eigenvalue weighted by atomic mass is 10.1. The Morgan fingerprint density at radius 3 is 2.24 bits per heavy atom. The first kappa shape index (κ1) is 15.7. The first-order chi connectivity index (χ1) is 10.0. The zero-order valence-electron chi connectivity index (χ0n) is 12.1. The van der Waals surface area contributed by atoms with Crippen molar-refractivity contribution in [3.05, 3.63) is 65.7 Å². The molecule has 0 amide bonds. The average molecular weight is 305 g/mol. The van der Waals surface area contributed by atoms with Crippen LogP contribution >= 0.6 is 0 Å². The van der Waals surface area contributed by atoms with Crippen molar-refractivity contribution in [2.75, 3.05) is 13.7 Å².